The van der Waals surface area contributed by atoms with Gasteiger partial charge in [-0.25, -0.2) is 5.11 Å². The lowest BCUT2D eigenvalue weighted by atomic mass is 10.2. The van der Waals surface area contributed by atoms with Crippen LogP contribution in [0.1, 0.15) is 6.92 Å². The van der Waals surface area contributed by atoms with Crippen LogP contribution in [0.4, 0.5) is 0 Å². The molecule has 0 aromatic rings. The molecule has 0 spiro atoms. The van der Waals surface area contributed by atoms with E-state index in [0.717, 1.165) is 6.42 Å². The van der Waals surface area contributed by atoms with E-state index in [4.69, 9.17) is 0 Å². The molecule has 2 radical (unpaired) electrons. The zero-order valence-electron chi connectivity index (χ0n) is 4.81. The van der Waals surface area contributed by atoms with Gasteiger partial charge >= 0.3 is 0 Å². The number of rotatable bonds is 3. The van der Waals surface area contributed by atoms with E-state index in [-0.39, 0.29) is 5.78 Å². The van der Waals surface area contributed by atoms with E-state index in [9.17, 15) is 9.90 Å². The highest BCUT2D eigenvalue weighted by molar-refractivity contribution is 6.00. The Hall–Kier alpha value is -0.630. The second-order valence-corrected chi connectivity index (χ2v) is 1.52. The van der Waals surface area contributed by atoms with Crippen molar-refractivity contribution >= 4 is 5.78 Å². The van der Waals surface area contributed by atoms with Crippen LogP contribution in [0.2, 0.25) is 0 Å². The van der Waals surface area contributed by atoms with Gasteiger partial charge in [-0.3, -0.25) is 4.79 Å². The first-order valence-electron chi connectivity index (χ1n) is 2.29. The summed E-state index contributed by atoms with van der Waals surface area (Å²) in [6, 6.07) is 0. The van der Waals surface area contributed by atoms with Crippen LogP contribution < -0.4 is 0 Å². The highest BCUT2D eigenvalue weighted by atomic mass is 16.3. The van der Waals surface area contributed by atoms with Gasteiger partial charge in [0.15, 0.2) is 5.78 Å². The zero-order valence-corrected chi connectivity index (χ0v) is 4.81. The maximum atomic E-state index is 10.4. The first-order chi connectivity index (χ1) is 3.68. The Balaban J connectivity index is 3.49. The van der Waals surface area contributed by atoms with Crippen molar-refractivity contribution in [1.82, 2.24) is 0 Å². The number of allylic oxidation sites excluding steroid dienone is 1. The third-order valence-electron chi connectivity index (χ3n) is 0.689. The summed E-state index contributed by atoms with van der Waals surface area (Å²) >= 11 is 0. The normalized spacial score (nSPS) is 8.75. The summed E-state index contributed by atoms with van der Waals surface area (Å²) in [4.78, 5) is 10.4. The molecule has 0 rings (SSSR count). The first-order valence-corrected chi connectivity index (χ1v) is 2.29. The molecule has 8 heavy (non-hydrogen) atoms. The van der Waals surface area contributed by atoms with Crippen molar-refractivity contribution in [3.63, 3.8) is 0 Å². The summed E-state index contributed by atoms with van der Waals surface area (Å²) in [5, 5.41) is 9.73. The molecule has 0 aliphatic carbocycles. The molecular formula is C6H8O2. The van der Waals surface area contributed by atoms with Crippen molar-refractivity contribution in [2.24, 2.45) is 0 Å². The van der Waals surface area contributed by atoms with Crippen molar-refractivity contribution in [2.45, 2.75) is 6.92 Å². The largest absolute Gasteiger partial charge is 0.294 e. The number of carbonyl (C=O) groups is 1. The average Bonchev–Trinajstić information content (AvgIpc) is 1.67. The summed E-state index contributed by atoms with van der Waals surface area (Å²) in [6.07, 6.45) is 1.07. The van der Waals surface area contributed by atoms with Gasteiger partial charge < -0.3 is 0 Å². The zero-order chi connectivity index (χ0) is 6.57. The van der Waals surface area contributed by atoms with Crippen LogP contribution in [-0.2, 0) is 9.90 Å². The van der Waals surface area contributed by atoms with Gasteiger partial charge in [0.25, 0.3) is 0 Å². The number of hydrogen-bond donors (Lipinski definition) is 0. The predicted molar refractivity (Wildman–Crippen MR) is 29.7 cm³/mol. The fourth-order valence-electron chi connectivity index (χ4n) is 0.250. The second kappa shape index (κ2) is 3.38. The summed E-state index contributed by atoms with van der Waals surface area (Å²) in [7, 11) is 0. The van der Waals surface area contributed by atoms with Gasteiger partial charge in [-0.15, -0.1) is 0 Å². The molecule has 2 nitrogen and oxygen atoms in total. The van der Waals surface area contributed by atoms with Crippen molar-refractivity contribution in [2.75, 3.05) is 6.61 Å². The van der Waals surface area contributed by atoms with Gasteiger partial charge in [0.05, 0.1) is 13.0 Å². The Morgan fingerprint density at radius 3 is 2.38 bits per heavy atom. The molecule has 0 amide bonds. The quantitative estimate of drug-likeness (QED) is 0.497. The monoisotopic (exact) mass is 112 g/mol. The van der Waals surface area contributed by atoms with Crippen molar-refractivity contribution in [3.8, 4) is 0 Å². The summed E-state index contributed by atoms with van der Waals surface area (Å²) in [6.45, 7) is 4.48. The van der Waals surface area contributed by atoms with Gasteiger partial charge in [-0.1, -0.05) is 6.58 Å². The third kappa shape index (κ3) is 2.53. The van der Waals surface area contributed by atoms with Crippen LogP contribution in [0.5, 0.6) is 0 Å². The van der Waals surface area contributed by atoms with Gasteiger partial charge in [0.2, 0.25) is 0 Å². The molecule has 0 bridgehead atoms. The minimum Gasteiger partial charge on any atom is -0.294 e. The fourth-order valence-corrected chi connectivity index (χ4v) is 0.250. The molecule has 44 valence electrons. The Kier molecular flexibility index (Phi) is 3.12. The lowest BCUT2D eigenvalue weighted by Gasteiger charge is -1.89. The summed E-state index contributed by atoms with van der Waals surface area (Å²) < 4.78 is 0. The molecule has 0 aliphatic heterocycles. The molecule has 0 fully saturated rings. The molecular weight excluding hydrogens is 104 g/mol. The van der Waals surface area contributed by atoms with Crippen LogP contribution in [-0.4, -0.2) is 12.4 Å². The Morgan fingerprint density at radius 2 is 2.25 bits per heavy atom. The average molecular weight is 112 g/mol. The molecule has 0 aromatic heterocycles. The van der Waals surface area contributed by atoms with E-state index in [2.05, 4.69) is 6.58 Å². The van der Waals surface area contributed by atoms with Gasteiger partial charge in [0.1, 0.15) is 0 Å². The summed E-state index contributed by atoms with van der Waals surface area (Å²) in [5.74, 6) is -0.250. The number of hydrogen-bond acceptors (Lipinski definition) is 1. The van der Waals surface area contributed by atoms with Gasteiger partial charge in [0, 0.05) is 0 Å². The van der Waals surface area contributed by atoms with E-state index in [1.165, 1.54) is 0 Å². The molecule has 0 unspecified atom stereocenters. The van der Waals surface area contributed by atoms with Crippen LogP contribution in [0.3, 0.4) is 0 Å². The Morgan fingerprint density at radius 1 is 1.75 bits per heavy atom. The number of carbonyl (C=O) groups excluding carboxylic acids is 1. The first kappa shape index (κ1) is 7.37. The Bertz CT molecular complexity index is 105. The molecule has 0 heterocycles. The SMILES string of the molecule is C=C(C)C(=O)[CH]C[O]. The summed E-state index contributed by atoms with van der Waals surface area (Å²) in [5.41, 5.74) is 0.417. The third-order valence-corrected chi connectivity index (χ3v) is 0.689. The van der Waals surface area contributed by atoms with Crippen LogP contribution >= 0.6 is 0 Å². The molecule has 0 saturated carbocycles. The second-order valence-electron chi connectivity index (χ2n) is 1.52. The van der Waals surface area contributed by atoms with E-state index in [0.29, 0.717) is 5.57 Å². The highest BCUT2D eigenvalue weighted by Crippen LogP contribution is 1.91. The standard InChI is InChI=1S/C6H8O2/c1-5(2)6(8)3-4-7/h3H,1,4H2,2H3. The molecule has 0 aliphatic rings. The minimum absolute atomic E-state index is 0.250. The molecule has 0 atom stereocenters. The van der Waals surface area contributed by atoms with Gasteiger partial charge in [-0.2, -0.15) is 0 Å². The van der Waals surface area contributed by atoms with Crippen LogP contribution in [0.25, 0.3) is 0 Å². The smallest absolute Gasteiger partial charge is 0.164 e. The topological polar surface area (TPSA) is 37.0 Å². The van der Waals surface area contributed by atoms with E-state index in [1.54, 1.807) is 6.92 Å². The lowest BCUT2D eigenvalue weighted by molar-refractivity contribution is -0.113. The molecule has 0 aromatic carbocycles. The van der Waals surface area contributed by atoms with Crippen LogP contribution in [0.15, 0.2) is 12.2 Å². The van der Waals surface area contributed by atoms with Crippen molar-refractivity contribution in [1.29, 1.82) is 0 Å². The molecule has 2 heteroatoms. The number of ketones is 1. The lowest BCUT2D eigenvalue weighted by Crippen LogP contribution is -2.00. The molecule has 0 N–H and O–H groups in total. The maximum absolute atomic E-state index is 10.4. The van der Waals surface area contributed by atoms with Crippen LogP contribution in [0, 0.1) is 6.42 Å². The number of Topliss-reactive ketones (excluding diaryl/α,β-unsaturated/α-hetero) is 1. The van der Waals surface area contributed by atoms with Crippen molar-refractivity contribution in [3.05, 3.63) is 18.6 Å². The fraction of sp³-hybridized carbons (Fsp3) is 0.333. The predicted octanol–water partition coefficient (Wildman–Crippen LogP) is 0.766. The highest BCUT2D eigenvalue weighted by Gasteiger charge is 1.99. The van der Waals surface area contributed by atoms with Crippen molar-refractivity contribution < 1.29 is 9.90 Å². The van der Waals surface area contributed by atoms with Gasteiger partial charge in [-0.05, 0) is 12.5 Å². The maximum Gasteiger partial charge on any atom is 0.164 e. The van der Waals surface area contributed by atoms with E-state index in [1.807, 2.05) is 0 Å². The molecule has 0 saturated heterocycles. The Labute approximate surface area is 48.8 Å². The van der Waals surface area contributed by atoms with E-state index < -0.39 is 6.61 Å². The minimum atomic E-state index is -0.453. The van der Waals surface area contributed by atoms with E-state index >= 15 is 0 Å².